The highest BCUT2D eigenvalue weighted by Crippen LogP contribution is 2.33. The molecule has 0 saturated carbocycles. The van der Waals surface area contributed by atoms with Gasteiger partial charge in [0.15, 0.2) is 11.6 Å². The van der Waals surface area contributed by atoms with Crippen LogP contribution in [-0.2, 0) is 0 Å². The summed E-state index contributed by atoms with van der Waals surface area (Å²) in [4.78, 5) is 0. The predicted molar refractivity (Wildman–Crippen MR) is 74.6 cm³/mol. The first-order valence-electron chi connectivity index (χ1n) is 5.18. The SMILES string of the molecule is OC(c1ccc(Cl)c(Cl)c1)c1ccc(F)c(F)c1Br. The van der Waals surface area contributed by atoms with Gasteiger partial charge in [0.05, 0.1) is 14.5 Å². The van der Waals surface area contributed by atoms with Gasteiger partial charge in [0, 0.05) is 5.56 Å². The molecule has 0 saturated heterocycles. The molecule has 100 valence electrons. The van der Waals surface area contributed by atoms with Gasteiger partial charge in [0.1, 0.15) is 6.10 Å². The highest BCUT2D eigenvalue weighted by molar-refractivity contribution is 9.10. The second-order valence-electron chi connectivity index (χ2n) is 3.84. The monoisotopic (exact) mass is 366 g/mol. The Morgan fingerprint density at radius 2 is 1.74 bits per heavy atom. The minimum atomic E-state index is -1.14. The van der Waals surface area contributed by atoms with Crippen LogP contribution in [0, 0.1) is 11.6 Å². The number of benzene rings is 2. The van der Waals surface area contributed by atoms with Gasteiger partial charge in [-0.15, -0.1) is 0 Å². The average Bonchev–Trinajstić information content (AvgIpc) is 2.39. The van der Waals surface area contributed by atoms with Gasteiger partial charge in [-0.05, 0) is 39.7 Å². The van der Waals surface area contributed by atoms with E-state index in [0.717, 1.165) is 6.07 Å². The maximum atomic E-state index is 13.4. The fourth-order valence-corrected chi connectivity index (χ4v) is 2.46. The summed E-state index contributed by atoms with van der Waals surface area (Å²) in [5, 5.41) is 10.8. The molecule has 1 N–H and O–H groups in total. The molecule has 0 aliphatic heterocycles. The van der Waals surface area contributed by atoms with E-state index < -0.39 is 17.7 Å². The van der Waals surface area contributed by atoms with Crippen molar-refractivity contribution in [3.05, 3.63) is 67.6 Å². The first-order chi connectivity index (χ1) is 8.91. The van der Waals surface area contributed by atoms with E-state index in [1.807, 2.05) is 0 Å². The molecule has 0 aromatic heterocycles. The first kappa shape index (κ1) is 14.7. The Labute approximate surface area is 126 Å². The van der Waals surface area contributed by atoms with Crippen LogP contribution in [-0.4, -0.2) is 5.11 Å². The Bertz CT molecular complexity index is 634. The average molecular weight is 368 g/mol. The van der Waals surface area contributed by atoms with Crippen molar-refractivity contribution in [2.24, 2.45) is 0 Å². The van der Waals surface area contributed by atoms with Crippen LogP contribution in [0.15, 0.2) is 34.8 Å². The van der Waals surface area contributed by atoms with Crippen molar-refractivity contribution in [3.8, 4) is 0 Å². The lowest BCUT2D eigenvalue weighted by atomic mass is 10.0. The van der Waals surface area contributed by atoms with Gasteiger partial charge in [-0.3, -0.25) is 0 Å². The van der Waals surface area contributed by atoms with E-state index in [9.17, 15) is 13.9 Å². The molecule has 1 nitrogen and oxygen atoms in total. The summed E-state index contributed by atoms with van der Waals surface area (Å²) < 4.78 is 26.3. The lowest BCUT2D eigenvalue weighted by molar-refractivity contribution is 0.218. The molecule has 0 radical (unpaired) electrons. The summed E-state index contributed by atoms with van der Waals surface area (Å²) in [5.74, 6) is -2.03. The fourth-order valence-electron chi connectivity index (χ4n) is 1.61. The molecule has 19 heavy (non-hydrogen) atoms. The van der Waals surface area contributed by atoms with E-state index in [2.05, 4.69) is 15.9 Å². The van der Waals surface area contributed by atoms with Crippen LogP contribution in [0.1, 0.15) is 17.2 Å². The van der Waals surface area contributed by atoms with E-state index in [1.165, 1.54) is 18.2 Å². The van der Waals surface area contributed by atoms with Gasteiger partial charge < -0.3 is 5.11 Å². The third-order valence-corrected chi connectivity index (χ3v) is 4.16. The van der Waals surface area contributed by atoms with Crippen molar-refractivity contribution >= 4 is 39.1 Å². The zero-order valence-electron chi connectivity index (χ0n) is 9.30. The van der Waals surface area contributed by atoms with Gasteiger partial charge >= 0.3 is 0 Å². The van der Waals surface area contributed by atoms with Crippen molar-refractivity contribution in [3.63, 3.8) is 0 Å². The lowest BCUT2D eigenvalue weighted by Gasteiger charge is -2.14. The molecule has 0 amide bonds. The van der Waals surface area contributed by atoms with Gasteiger partial charge in [0.25, 0.3) is 0 Å². The lowest BCUT2D eigenvalue weighted by Crippen LogP contribution is -2.03. The molecule has 0 spiro atoms. The fraction of sp³-hybridized carbons (Fsp3) is 0.0769. The Morgan fingerprint density at radius 1 is 1.05 bits per heavy atom. The number of aliphatic hydroxyl groups is 1. The largest absolute Gasteiger partial charge is 0.384 e. The summed E-state index contributed by atoms with van der Waals surface area (Å²) in [6, 6.07) is 6.82. The topological polar surface area (TPSA) is 20.2 Å². The quantitative estimate of drug-likeness (QED) is 0.730. The van der Waals surface area contributed by atoms with Crippen LogP contribution in [0.3, 0.4) is 0 Å². The van der Waals surface area contributed by atoms with Crippen LogP contribution < -0.4 is 0 Å². The van der Waals surface area contributed by atoms with E-state index in [0.29, 0.717) is 10.6 Å². The van der Waals surface area contributed by atoms with Gasteiger partial charge in [-0.2, -0.15) is 0 Å². The van der Waals surface area contributed by atoms with E-state index in [-0.39, 0.29) is 15.1 Å². The highest BCUT2D eigenvalue weighted by Gasteiger charge is 2.19. The number of halogens is 5. The zero-order chi connectivity index (χ0) is 14.2. The summed E-state index contributed by atoms with van der Waals surface area (Å²) in [5.41, 5.74) is 0.637. The second-order valence-corrected chi connectivity index (χ2v) is 5.45. The molecule has 1 unspecified atom stereocenters. The molecule has 0 aliphatic rings. The molecule has 2 aromatic rings. The van der Waals surface area contributed by atoms with Crippen molar-refractivity contribution in [1.82, 2.24) is 0 Å². The molecule has 0 aliphatic carbocycles. The maximum Gasteiger partial charge on any atom is 0.173 e. The van der Waals surface area contributed by atoms with E-state index in [4.69, 9.17) is 23.2 Å². The molecular formula is C13H7BrCl2F2O. The van der Waals surface area contributed by atoms with E-state index in [1.54, 1.807) is 6.07 Å². The van der Waals surface area contributed by atoms with Crippen molar-refractivity contribution < 1.29 is 13.9 Å². The molecule has 2 rings (SSSR count). The molecule has 6 heteroatoms. The van der Waals surface area contributed by atoms with Crippen molar-refractivity contribution in [2.75, 3.05) is 0 Å². The number of aliphatic hydroxyl groups excluding tert-OH is 1. The highest BCUT2D eigenvalue weighted by atomic mass is 79.9. The maximum absolute atomic E-state index is 13.4. The summed E-state index contributed by atoms with van der Waals surface area (Å²) >= 11 is 14.6. The normalized spacial score (nSPS) is 12.5. The van der Waals surface area contributed by atoms with Crippen LogP contribution in [0.5, 0.6) is 0 Å². The summed E-state index contributed by atoms with van der Waals surface area (Å²) in [7, 11) is 0. The molecular weight excluding hydrogens is 361 g/mol. The Balaban J connectivity index is 2.47. The Hall–Kier alpha value is -0.680. The summed E-state index contributed by atoms with van der Waals surface area (Å²) in [6.45, 7) is 0. The van der Waals surface area contributed by atoms with Crippen LogP contribution in [0.4, 0.5) is 8.78 Å². The molecule has 1 atom stereocenters. The molecule has 0 fully saturated rings. The minimum Gasteiger partial charge on any atom is -0.384 e. The number of hydrogen-bond acceptors (Lipinski definition) is 1. The predicted octanol–water partition coefficient (Wildman–Crippen LogP) is 5.12. The van der Waals surface area contributed by atoms with Crippen LogP contribution in [0.25, 0.3) is 0 Å². The molecule has 0 heterocycles. The summed E-state index contributed by atoms with van der Waals surface area (Å²) in [6.07, 6.45) is -1.14. The minimum absolute atomic E-state index is 0.119. The number of rotatable bonds is 2. The Morgan fingerprint density at radius 3 is 2.37 bits per heavy atom. The van der Waals surface area contributed by atoms with E-state index >= 15 is 0 Å². The standard InChI is InChI=1S/C13H7BrCl2F2O/c14-11-7(2-4-10(17)12(11)18)13(19)6-1-3-8(15)9(16)5-6/h1-5,13,19H. The van der Waals surface area contributed by atoms with Crippen molar-refractivity contribution in [2.45, 2.75) is 6.10 Å². The van der Waals surface area contributed by atoms with Gasteiger partial charge in [0.2, 0.25) is 0 Å². The molecule has 0 bridgehead atoms. The van der Waals surface area contributed by atoms with Gasteiger partial charge in [-0.1, -0.05) is 35.3 Å². The van der Waals surface area contributed by atoms with Crippen LogP contribution >= 0.6 is 39.1 Å². The van der Waals surface area contributed by atoms with Crippen LogP contribution in [0.2, 0.25) is 10.0 Å². The molecule has 2 aromatic carbocycles. The number of hydrogen-bond donors (Lipinski definition) is 1. The third kappa shape index (κ3) is 2.92. The van der Waals surface area contributed by atoms with Crippen molar-refractivity contribution in [1.29, 1.82) is 0 Å². The van der Waals surface area contributed by atoms with Gasteiger partial charge in [-0.25, -0.2) is 8.78 Å². The third-order valence-electron chi connectivity index (χ3n) is 2.62. The smallest absolute Gasteiger partial charge is 0.173 e. The second kappa shape index (κ2) is 5.75. The first-order valence-corrected chi connectivity index (χ1v) is 6.73. The Kier molecular flexibility index (Phi) is 4.46. The zero-order valence-corrected chi connectivity index (χ0v) is 12.4.